The number of allylic oxidation sites excluding steroid dienone is 1. The zero-order valence-corrected chi connectivity index (χ0v) is 31.1. The van der Waals surface area contributed by atoms with Crippen molar-refractivity contribution in [1.29, 1.82) is 0 Å². The predicted molar refractivity (Wildman–Crippen MR) is 194 cm³/mol. The number of nitrogens with one attached hydrogen (secondary N) is 1. The van der Waals surface area contributed by atoms with Crippen LogP contribution in [0.25, 0.3) is 0 Å². The minimum Gasteiger partial charge on any atom is -0.455 e. The summed E-state index contributed by atoms with van der Waals surface area (Å²) in [6, 6.07) is 13.2. The van der Waals surface area contributed by atoms with Gasteiger partial charge >= 0.3 is 5.97 Å². The van der Waals surface area contributed by atoms with Crippen LogP contribution in [-0.2, 0) is 33.4 Å². The highest BCUT2D eigenvalue weighted by molar-refractivity contribution is 9.11. The van der Waals surface area contributed by atoms with Crippen molar-refractivity contribution < 1.29 is 38.5 Å². The molecule has 2 aromatic rings. The van der Waals surface area contributed by atoms with Gasteiger partial charge < -0.3 is 34.4 Å². The Morgan fingerprint density at radius 2 is 1.78 bits per heavy atom. The van der Waals surface area contributed by atoms with E-state index in [1.54, 1.807) is 60.7 Å². The third-order valence-corrected chi connectivity index (χ3v) is 11.5. The van der Waals surface area contributed by atoms with E-state index in [0.717, 1.165) is 0 Å². The number of esters is 1. The fourth-order valence-corrected chi connectivity index (χ4v) is 8.88. The summed E-state index contributed by atoms with van der Waals surface area (Å²) in [5, 5.41) is 14.1. The average molecular weight is 785 g/mol. The van der Waals surface area contributed by atoms with Crippen molar-refractivity contribution in [2.75, 3.05) is 31.8 Å². The standard InChI is InChI=1S/C38H43BrClN3O8/c1-4-22(2)28(20-44)43-34-36(47)42(27-16-11-10-15-25(27)40)18-12-6-9-17-29(45)41-26(21-49-3)32(23-13-7-5-8-14-23)50-37(48)30-31(35(43)46)38(34)19-24(39)33(30)51-38/h5-8,10-16,19,22,26,28,30-34,44H,4,9,17-18,20-21H2,1-3H3,(H,41,45)/b12-6-/t22-,26+,28-,30-,31+,32+,33-,34-,38+/m0/s1. The maximum Gasteiger partial charge on any atom is 0.313 e. The normalized spacial score (nSPS) is 31.5. The molecular weight excluding hydrogens is 742 g/mol. The Morgan fingerprint density at radius 3 is 2.47 bits per heavy atom. The van der Waals surface area contributed by atoms with E-state index >= 15 is 4.79 Å². The Hall–Kier alpha value is -3.55. The number of hydrogen-bond acceptors (Lipinski definition) is 8. The number of methoxy groups -OCH3 is 1. The van der Waals surface area contributed by atoms with Crippen LogP contribution in [0.3, 0.4) is 0 Å². The number of carbonyl (C=O) groups is 4. The third-order valence-electron chi connectivity index (χ3n) is 10.5. The first-order chi connectivity index (χ1) is 24.6. The van der Waals surface area contributed by atoms with Crippen LogP contribution in [0, 0.1) is 17.8 Å². The number of benzene rings is 2. The van der Waals surface area contributed by atoms with Gasteiger partial charge in [0.25, 0.3) is 5.91 Å². The van der Waals surface area contributed by atoms with Crippen molar-refractivity contribution in [3.05, 3.63) is 87.9 Å². The van der Waals surface area contributed by atoms with Gasteiger partial charge in [-0.25, -0.2) is 0 Å². The van der Waals surface area contributed by atoms with E-state index in [9.17, 15) is 19.5 Å². The number of anilines is 1. The number of rotatable bonds is 8. The highest BCUT2D eigenvalue weighted by Gasteiger charge is 2.75. The van der Waals surface area contributed by atoms with Gasteiger partial charge in [-0.1, -0.05) is 102 Å². The lowest BCUT2D eigenvalue weighted by Gasteiger charge is -2.40. The lowest BCUT2D eigenvalue weighted by atomic mass is 9.74. The van der Waals surface area contributed by atoms with Crippen LogP contribution in [0.4, 0.5) is 5.69 Å². The van der Waals surface area contributed by atoms with Crippen molar-refractivity contribution in [2.24, 2.45) is 17.8 Å². The number of aliphatic hydroxyl groups is 1. The molecule has 6 rings (SSSR count). The number of aliphatic hydroxyl groups excluding tert-OH is 1. The smallest absolute Gasteiger partial charge is 0.313 e. The zero-order chi connectivity index (χ0) is 36.4. The number of para-hydroxylation sites is 1. The molecule has 4 aliphatic rings. The summed E-state index contributed by atoms with van der Waals surface area (Å²) in [7, 11) is 1.50. The summed E-state index contributed by atoms with van der Waals surface area (Å²) < 4.78 is 19.0. The number of carbonyl (C=O) groups excluding carboxylic acids is 4. The molecule has 2 aromatic carbocycles. The summed E-state index contributed by atoms with van der Waals surface area (Å²) in [5.74, 6) is -4.46. The van der Waals surface area contributed by atoms with Crippen LogP contribution in [-0.4, -0.2) is 90.4 Å². The molecular formula is C38H43BrClN3O8. The van der Waals surface area contributed by atoms with Gasteiger partial charge in [0.05, 0.1) is 41.9 Å². The minimum atomic E-state index is -1.57. The molecule has 272 valence electrons. The van der Waals surface area contributed by atoms with Gasteiger partial charge in [-0.15, -0.1) is 0 Å². The Morgan fingerprint density at radius 1 is 1.06 bits per heavy atom. The number of halogens is 2. The highest BCUT2D eigenvalue weighted by atomic mass is 79.9. The number of amides is 3. The predicted octanol–water partition coefficient (Wildman–Crippen LogP) is 4.72. The maximum absolute atomic E-state index is 15.2. The van der Waals surface area contributed by atoms with E-state index in [1.807, 2.05) is 26.0 Å². The molecule has 51 heavy (non-hydrogen) atoms. The third kappa shape index (κ3) is 6.77. The number of cyclic esters (lactones) is 1. The molecule has 4 heterocycles. The van der Waals surface area contributed by atoms with E-state index in [2.05, 4.69) is 21.2 Å². The van der Waals surface area contributed by atoms with E-state index in [4.69, 9.17) is 25.8 Å². The first-order valence-corrected chi connectivity index (χ1v) is 18.5. The van der Waals surface area contributed by atoms with Crippen molar-refractivity contribution in [2.45, 2.75) is 69.0 Å². The molecule has 0 saturated carbocycles. The van der Waals surface area contributed by atoms with Gasteiger partial charge in [-0.05, 0) is 36.1 Å². The van der Waals surface area contributed by atoms with Gasteiger partial charge in [0.15, 0.2) is 0 Å². The molecule has 0 unspecified atom stereocenters. The van der Waals surface area contributed by atoms with Gasteiger partial charge in [-0.3, -0.25) is 19.2 Å². The first kappa shape index (κ1) is 37.2. The van der Waals surface area contributed by atoms with Gasteiger partial charge in [0, 0.05) is 24.6 Å². The SMILES string of the molecule is CC[C@H](C)[C@H](CO)N1C(=O)[C@H]2[C@@H]3C(=O)O[C@H](c4ccccc4)[C@@H](COC)NC(=O)CC/C=C\CN(c4ccccc4Cl)C(=O)[C@H]1[C@@]21C=C(Br)[C@@H]3O1. The number of likely N-dealkylation sites (tertiary alicyclic amines) is 1. The van der Waals surface area contributed by atoms with E-state index in [-0.39, 0.29) is 31.4 Å². The number of hydrogen-bond donors (Lipinski definition) is 2. The summed E-state index contributed by atoms with van der Waals surface area (Å²) in [4.78, 5) is 60.9. The van der Waals surface area contributed by atoms with Crippen molar-refractivity contribution in [3.8, 4) is 0 Å². The summed E-state index contributed by atoms with van der Waals surface area (Å²) in [6.45, 7) is 3.57. The molecule has 0 aliphatic carbocycles. The van der Waals surface area contributed by atoms with Crippen LogP contribution in [0.15, 0.2) is 77.3 Å². The summed E-state index contributed by atoms with van der Waals surface area (Å²) >= 11 is 10.3. The molecule has 2 fully saturated rings. The quantitative estimate of drug-likeness (QED) is 0.291. The fraction of sp³-hybridized carbons (Fsp3) is 0.474. The molecule has 5 bridgehead atoms. The van der Waals surface area contributed by atoms with E-state index in [1.165, 1.54) is 16.9 Å². The van der Waals surface area contributed by atoms with Crippen LogP contribution in [0.5, 0.6) is 0 Å². The lowest BCUT2D eigenvalue weighted by molar-refractivity contribution is -0.163. The van der Waals surface area contributed by atoms with Crippen LogP contribution in [0.2, 0.25) is 5.02 Å². The molecule has 9 atom stereocenters. The molecule has 4 aliphatic heterocycles. The van der Waals surface area contributed by atoms with E-state index < -0.39 is 72.2 Å². The molecule has 2 saturated heterocycles. The molecule has 0 aromatic heterocycles. The average Bonchev–Trinajstić information content (AvgIpc) is 3.72. The summed E-state index contributed by atoms with van der Waals surface area (Å²) in [5.41, 5.74) is -0.526. The first-order valence-electron chi connectivity index (χ1n) is 17.3. The number of fused-ring (bicyclic) bond motifs is 2. The fourth-order valence-electron chi connectivity index (χ4n) is 7.91. The Balaban J connectivity index is 1.52. The molecule has 13 heteroatoms. The second-order valence-electron chi connectivity index (χ2n) is 13.5. The highest BCUT2D eigenvalue weighted by Crippen LogP contribution is 2.60. The van der Waals surface area contributed by atoms with Crippen molar-refractivity contribution in [1.82, 2.24) is 10.2 Å². The van der Waals surface area contributed by atoms with Crippen molar-refractivity contribution >= 4 is 56.9 Å². The van der Waals surface area contributed by atoms with Crippen LogP contribution >= 0.6 is 27.5 Å². The lowest BCUT2D eigenvalue weighted by Crippen LogP contribution is -2.59. The van der Waals surface area contributed by atoms with Crippen LogP contribution in [0.1, 0.15) is 44.8 Å². The maximum atomic E-state index is 15.2. The van der Waals surface area contributed by atoms with Gasteiger partial charge in [0.2, 0.25) is 11.8 Å². The van der Waals surface area contributed by atoms with Gasteiger partial charge in [0.1, 0.15) is 29.8 Å². The van der Waals surface area contributed by atoms with Gasteiger partial charge in [-0.2, -0.15) is 0 Å². The second-order valence-corrected chi connectivity index (χ2v) is 14.8. The number of ether oxygens (including phenoxy) is 3. The second kappa shape index (κ2) is 15.6. The van der Waals surface area contributed by atoms with Crippen LogP contribution < -0.4 is 10.2 Å². The number of nitrogens with zero attached hydrogens (tertiary/aromatic N) is 2. The molecule has 2 N–H and O–H groups in total. The largest absolute Gasteiger partial charge is 0.455 e. The molecule has 3 amide bonds. The molecule has 1 spiro atoms. The Bertz CT molecular complexity index is 1710. The molecule has 0 radical (unpaired) electrons. The zero-order valence-electron chi connectivity index (χ0n) is 28.7. The topological polar surface area (TPSA) is 135 Å². The van der Waals surface area contributed by atoms with Crippen molar-refractivity contribution in [3.63, 3.8) is 0 Å². The van der Waals surface area contributed by atoms with E-state index in [0.29, 0.717) is 33.6 Å². The Kier molecular flexibility index (Phi) is 11.4. The monoisotopic (exact) mass is 783 g/mol. The Labute approximate surface area is 311 Å². The molecule has 11 nitrogen and oxygen atoms in total. The minimum absolute atomic E-state index is 0.0408. The summed E-state index contributed by atoms with van der Waals surface area (Å²) in [6.07, 6.45) is 4.54.